The van der Waals surface area contributed by atoms with Crippen molar-refractivity contribution in [3.8, 4) is 0 Å². The topological polar surface area (TPSA) is 84.2 Å². The number of rotatable bonds is 6. The van der Waals surface area contributed by atoms with Crippen LogP contribution >= 0.6 is 0 Å². The number of aromatic nitrogens is 2. The highest BCUT2D eigenvalue weighted by Gasteiger charge is 2.45. The summed E-state index contributed by atoms with van der Waals surface area (Å²) >= 11 is 0. The number of carbonyl (C=O) groups is 2. The van der Waals surface area contributed by atoms with Crippen molar-refractivity contribution in [3.63, 3.8) is 0 Å². The first-order valence-corrected chi connectivity index (χ1v) is 7.49. The fraction of sp³-hybridized carbons (Fsp3) is 0.667. The third kappa shape index (κ3) is 2.80. The molecule has 2 saturated carbocycles. The molecule has 0 spiro atoms. The van der Waals surface area contributed by atoms with Gasteiger partial charge in [0.1, 0.15) is 0 Å². The van der Waals surface area contributed by atoms with E-state index in [2.05, 4.69) is 10.4 Å². The minimum atomic E-state index is -1.13. The lowest BCUT2D eigenvalue weighted by Gasteiger charge is -2.19. The molecule has 0 unspecified atom stereocenters. The molecule has 1 heterocycles. The van der Waals surface area contributed by atoms with Gasteiger partial charge in [0.05, 0.1) is 11.9 Å². The summed E-state index contributed by atoms with van der Waals surface area (Å²) in [5, 5.41) is 16.2. The number of amides is 1. The van der Waals surface area contributed by atoms with Gasteiger partial charge < -0.3 is 10.4 Å². The number of carboxylic acid groups (broad SMARTS) is 1. The zero-order valence-electron chi connectivity index (χ0n) is 12.4. The largest absolute Gasteiger partial charge is 0.479 e. The van der Waals surface area contributed by atoms with E-state index in [1.807, 2.05) is 0 Å². The molecule has 0 aromatic carbocycles. The first kappa shape index (κ1) is 14.1. The van der Waals surface area contributed by atoms with E-state index in [1.54, 1.807) is 20.0 Å². The molecule has 0 atom stereocenters. The molecule has 1 amide bonds. The van der Waals surface area contributed by atoms with E-state index in [4.69, 9.17) is 0 Å². The zero-order chi connectivity index (χ0) is 15.2. The number of hydrogen-bond donors (Lipinski definition) is 2. The SMILES string of the molecule is CC(C)(C(=O)O)n1cc(NC(=O)C(C2CC2)C2CC2)cn1. The van der Waals surface area contributed by atoms with Crippen molar-refractivity contribution in [2.24, 2.45) is 17.8 Å². The Morgan fingerprint density at radius 1 is 1.33 bits per heavy atom. The molecule has 2 N–H and O–H groups in total. The molecule has 21 heavy (non-hydrogen) atoms. The average molecular weight is 291 g/mol. The minimum absolute atomic E-state index is 0.0627. The lowest BCUT2D eigenvalue weighted by atomic mass is 9.97. The molecule has 2 aliphatic rings. The van der Waals surface area contributed by atoms with E-state index in [1.165, 1.54) is 10.9 Å². The Morgan fingerprint density at radius 2 is 1.90 bits per heavy atom. The maximum absolute atomic E-state index is 12.4. The number of aliphatic carboxylic acids is 1. The van der Waals surface area contributed by atoms with E-state index in [0.29, 0.717) is 17.5 Å². The van der Waals surface area contributed by atoms with Crippen LogP contribution in [-0.4, -0.2) is 26.8 Å². The van der Waals surface area contributed by atoms with Crippen LogP contribution in [0, 0.1) is 17.8 Å². The van der Waals surface area contributed by atoms with Crippen LogP contribution in [0.4, 0.5) is 5.69 Å². The Morgan fingerprint density at radius 3 is 2.38 bits per heavy atom. The second kappa shape index (κ2) is 4.86. The summed E-state index contributed by atoms with van der Waals surface area (Å²) in [5.41, 5.74) is -0.560. The Bertz CT molecular complexity index is 558. The lowest BCUT2D eigenvalue weighted by Crippen LogP contribution is -2.36. The summed E-state index contributed by atoms with van der Waals surface area (Å²) in [6.45, 7) is 3.15. The van der Waals surface area contributed by atoms with E-state index >= 15 is 0 Å². The standard InChI is InChI=1S/C15H21N3O3/c1-15(2,14(20)21)18-8-11(7-16-18)17-13(19)12(9-3-4-9)10-5-6-10/h7-10,12H,3-6H2,1-2H3,(H,17,19)(H,20,21). The predicted molar refractivity (Wildman–Crippen MR) is 76.8 cm³/mol. The quantitative estimate of drug-likeness (QED) is 0.840. The summed E-state index contributed by atoms with van der Waals surface area (Å²) in [7, 11) is 0. The average Bonchev–Trinajstić information content (AvgIpc) is 3.32. The Balaban J connectivity index is 1.69. The van der Waals surface area contributed by atoms with Gasteiger partial charge in [-0.3, -0.25) is 9.48 Å². The molecule has 0 saturated heterocycles. The van der Waals surface area contributed by atoms with Crippen molar-refractivity contribution in [1.29, 1.82) is 0 Å². The normalized spacial score (nSPS) is 18.8. The van der Waals surface area contributed by atoms with E-state index in [0.717, 1.165) is 25.7 Å². The van der Waals surface area contributed by atoms with Crippen LogP contribution < -0.4 is 5.32 Å². The first-order valence-electron chi connectivity index (χ1n) is 7.49. The van der Waals surface area contributed by atoms with Gasteiger partial charge in [-0.2, -0.15) is 5.10 Å². The van der Waals surface area contributed by atoms with Crippen LogP contribution in [-0.2, 0) is 15.1 Å². The van der Waals surface area contributed by atoms with Crippen molar-refractivity contribution in [2.75, 3.05) is 5.32 Å². The van der Waals surface area contributed by atoms with Crippen LogP contribution in [0.3, 0.4) is 0 Å². The van der Waals surface area contributed by atoms with Crippen molar-refractivity contribution >= 4 is 17.6 Å². The molecular weight excluding hydrogens is 270 g/mol. The van der Waals surface area contributed by atoms with Gasteiger partial charge in [-0.25, -0.2) is 4.79 Å². The Hall–Kier alpha value is -1.85. The fourth-order valence-corrected chi connectivity index (χ4v) is 2.74. The monoisotopic (exact) mass is 291 g/mol. The number of carbonyl (C=O) groups excluding carboxylic acids is 1. The Kier molecular flexibility index (Phi) is 3.26. The number of nitrogens with one attached hydrogen (secondary N) is 1. The fourth-order valence-electron chi connectivity index (χ4n) is 2.74. The molecule has 6 heteroatoms. The van der Waals surface area contributed by atoms with E-state index in [-0.39, 0.29) is 11.8 Å². The number of anilines is 1. The van der Waals surface area contributed by atoms with Crippen LogP contribution in [0.5, 0.6) is 0 Å². The summed E-state index contributed by atoms with van der Waals surface area (Å²) in [5.74, 6) is 0.317. The third-order valence-electron chi connectivity index (χ3n) is 4.51. The van der Waals surface area contributed by atoms with Gasteiger partial charge in [-0.15, -0.1) is 0 Å². The summed E-state index contributed by atoms with van der Waals surface area (Å²) in [4.78, 5) is 23.6. The number of carboxylic acids is 1. The van der Waals surface area contributed by atoms with Gasteiger partial charge in [0.2, 0.25) is 5.91 Å². The third-order valence-corrected chi connectivity index (χ3v) is 4.51. The number of nitrogens with zero attached hydrogens (tertiary/aromatic N) is 2. The van der Waals surface area contributed by atoms with Gasteiger partial charge in [0.25, 0.3) is 0 Å². The molecule has 2 fully saturated rings. The van der Waals surface area contributed by atoms with Gasteiger partial charge in [0.15, 0.2) is 5.54 Å². The van der Waals surface area contributed by atoms with Crippen LogP contribution in [0.25, 0.3) is 0 Å². The summed E-state index contributed by atoms with van der Waals surface area (Å²) < 4.78 is 1.37. The Labute approximate surface area is 123 Å². The highest BCUT2D eigenvalue weighted by Crippen LogP contribution is 2.49. The van der Waals surface area contributed by atoms with Crippen LogP contribution in [0.2, 0.25) is 0 Å². The lowest BCUT2D eigenvalue weighted by molar-refractivity contribution is -0.146. The molecular formula is C15H21N3O3. The van der Waals surface area contributed by atoms with Crippen molar-refractivity contribution in [1.82, 2.24) is 9.78 Å². The molecule has 2 aliphatic carbocycles. The summed E-state index contributed by atoms with van der Waals surface area (Å²) in [6.07, 6.45) is 7.71. The molecule has 3 rings (SSSR count). The highest BCUT2D eigenvalue weighted by molar-refractivity contribution is 5.93. The van der Waals surface area contributed by atoms with Crippen molar-refractivity contribution in [3.05, 3.63) is 12.4 Å². The first-order chi connectivity index (χ1) is 9.89. The van der Waals surface area contributed by atoms with Gasteiger partial charge in [-0.05, 0) is 51.4 Å². The maximum atomic E-state index is 12.4. The smallest absolute Gasteiger partial charge is 0.331 e. The molecule has 6 nitrogen and oxygen atoms in total. The minimum Gasteiger partial charge on any atom is -0.479 e. The molecule has 1 aromatic heterocycles. The van der Waals surface area contributed by atoms with Gasteiger partial charge in [0, 0.05) is 12.1 Å². The molecule has 0 aliphatic heterocycles. The molecule has 1 aromatic rings. The molecule has 114 valence electrons. The highest BCUT2D eigenvalue weighted by atomic mass is 16.4. The van der Waals surface area contributed by atoms with Crippen molar-refractivity contribution in [2.45, 2.75) is 45.1 Å². The van der Waals surface area contributed by atoms with Crippen molar-refractivity contribution < 1.29 is 14.7 Å². The second-order valence-corrected chi connectivity index (χ2v) is 6.73. The van der Waals surface area contributed by atoms with E-state index in [9.17, 15) is 14.7 Å². The van der Waals surface area contributed by atoms with Gasteiger partial charge in [-0.1, -0.05) is 0 Å². The molecule has 0 radical (unpaired) electrons. The zero-order valence-corrected chi connectivity index (χ0v) is 12.4. The van der Waals surface area contributed by atoms with Gasteiger partial charge >= 0.3 is 5.97 Å². The van der Waals surface area contributed by atoms with Crippen LogP contribution in [0.15, 0.2) is 12.4 Å². The molecule has 0 bridgehead atoms. The number of hydrogen-bond acceptors (Lipinski definition) is 3. The maximum Gasteiger partial charge on any atom is 0.331 e. The summed E-state index contributed by atoms with van der Waals surface area (Å²) in [6, 6.07) is 0. The second-order valence-electron chi connectivity index (χ2n) is 6.73. The van der Waals surface area contributed by atoms with Crippen LogP contribution in [0.1, 0.15) is 39.5 Å². The van der Waals surface area contributed by atoms with E-state index < -0.39 is 11.5 Å². The predicted octanol–water partition coefficient (Wildman–Crippen LogP) is 2.08.